The molecule has 22 heavy (non-hydrogen) atoms. The van der Waals surface area contributed by atoms with Crippen LogP contribution in [0.4, 0.5) is 0 Å². The van der Waals surface area contributed by atoms with E-state index in [1.807, 2.05) is 36.6 Å². The fourth-order valence-corrected chi connectivity index (χ4v) is 2.81. The molecule has 6 nitrogen and oxygen atoms in total. The number of aromatic nitrogens is 4. The number of aryl methyl sites for hydroxylation is 1. The van der Waals surface area contributed by atoms with E-state index in [0.29, 0.717) is 11.5 Å². The largest absolute Gasteiger partial charge is 0.333 e. The van der Waals surface area contributed by atoms with Crippen molar-refractivity contribution in [2.24, 2.45) is 0 Å². The Morgan fingerprint density at radius 3 is 3.05 bits per heavy atom. The van der Waals surface area contributed by atoms with Crippen LogP contribution in [0.2, 0.25) is 0 Å². The molecule has 4 aromatic heterocycles. The molecule has 0 radical (unpaired) electrons. The van der Waals surface area contributed by atoms with Gasteiger partial charge in [-0.3, -0.25) is 9.20 Å². The molecule has 0 saturated heterocycles. The average molecular weight is 310 g/mol. The average Bonchev–Trinajstić information content (AvgIpc) is 3.18. The lowest BCUT2D eigenvalue weighted by Gasteiger charge is -2.01. The Morgan fingerprint density at radius 1 is 1.32 bits per heavy atom. The minimum absolute atomic E-state index is 0.177. The van der Waals surface area contributed by atoms with Crippen molar-refractivity contribution in [3.63, 3.8) is 0 Å². The second-order valence-electron chi connectivity index (χ2n) is 4.81. The molecule has 0 amide bonds. The molecular weight excluding hydrogens is 300 g/mol. The molecule has 0 fully saturated rings. The molecule has 0 aromatic carbocycles. The van der Waals surface area contributed by atoms with Gasteiger partial charge >= 0.3 is 0 Å². The number of nitrogens with zero attached hydrogens (tertiary/aromatic N) is 4. The van der Waals surface area contributed by atoms with Gasteiger partial charge in [0, 0.05) is 12.4 Å². The van der Waals surface area contributed by atoms with E-state index >= 15 is 0 Å². The molecule has 108 valence electrons. The topological polar surface area (TPSA) is 73.3 Å². The molecule has 0 aliphatic rings. The zero-order chi connectivity index (χ0) is 15.1. The Kier molecular flexibility index (Phi) is 2.87. The third kappa shape index (κ3) is 2.03. The number of fused-ring (bicyclic) bond motifs is 1. The van der Waals surface area contributed by atoms with Gasteiger partial charge in [-0.25, -0.2) is 4.98 Å². The zero-order valence-electron chi connectivity index (χ0n) is 11.6. The summed E-state index contributed by atoms with van der Waals surface area (Å²) in [6.45, 7) is 1.95. The Hall–Kier alpha value is -2.80. The molecular formula is C15H10N4O2S. The maximum Gasteiger partial charge on any atom is 0.270 e. The monoisotopic (exact) mass is 310 g/mol. The van der Waals surface area contributed by atoms with Gasteiger partial charge in [0.1, 0.15) is 11.2 Å². The van der Waals surface area contributed by atoms with Crippen molar-refractivity contribution in [3.05, 3.63) is 58.0 Å². The van der Waals surface area contributed by atoms with E-state index < -0.39 is 0 Å². The van der Waals surface area contributed by atoms with Crippen LogP contribution < -0.4 is 5.56 Å². The summed E-state index contributed by atoms with van der Waals surface area (Å²) in [4.78, 5) is 22.0. The first kappa shape index (κ1) is 12.9. The summed E-state index contributed by atoms with van der Waals surface area (Å²) in [5, 5.41) is 5.85. The number of hydrogen-bond donors (Lipinski definition) is 0. The van der Waals surface area contributed by atoms with Crippen molar-refractivity contribution >= 4 is 17.0 Å². The van der Waals surface area contributed by atoms with Crippen LogP contribution >= 0.6 is 11.3 Å². The predicted octanol–water partition coefficient (Wildman–Crippen LogP) is 2.78. The summed E-state index contributed by atoms with van der Waals surface area (Å²) >= 11 is 1.51. The highest BCUT2D eigenvalue weighted by Crippen LogP contribution is 2.23. The first-order chi connectivity index (χ1) is 10.7. The van der Waals surface area contributed by atoms with Crippen molar-refractivity contribution in [1.29, 1.82) is 0 Å². The maximum atomic E-state index is 12.5. The lowest BCUT2D eigenvalue weighted by Crippen LogP contribution is -2.16. The van der Waals surface area contributed by atoms with Gasteiger partial charge in [-0.15, -0.1) is 11.3 Å². The van der Waals surface area contributed by atoms with Gasteiger partial charge in [-0.2, -0.15) is 4.98 Å². The summed E-state index contributed by atoms with van der Waals surface area (Å²) in [5.41, 5.74) is 1.69. The predicted molar refractivity (Wildman–Crippen MR) is 82.8 cm³/mol. The van der Waals surface area contributed by atoms with E-state index in [1.165, 1.54) is 21.9 Å². The van der Waals surface area contributed by atoms with Gasteiger partial charge < -0.3 is 4.52 Å². The summed E-state index contributed by atoms with van der Waals surface area (Å²) in [6, 6.07) is 7.50. The van der Waals surface area contributed by atoms with Crippen molar-refractivity contribution in [2.75, 3.05) is 0 Å². The van der Waals surface area contributed by atoms with Gasteiger partial charge in [-0.05, 0) is 36.1 Å². The van der Waals surface area contributed by atoms with Crippen LogP contribution in [0, 0.1) is 6.92 Å². The van der Waals surface area contributed by atoms with Gasteiger partial charge in [0.25, 0.3) is 11.4 Å². The summed E-state index contributed by atoms with van der Waals surface area (Å²) in [6.07, 6.45) is 3.17. The van der Waals surface area contributed by atoms with Gasteiger partial charge in [0.2, 0.25) is 5.82 Å². The van der Waals surface area contributed by atoms with E-state index in [2.05, 4.69) is 15.1 Å². The molecule has 0 aliphatic heterocycles. The molecule has 0 saturated carbocycles. The normalized spacial score (nSPS) is 11.1. The molecule has 0 atom stereocenters. The van der Waals surface area contributed by atoms with Crippen LogP contribution in [-0.4, -0.2) is 19.5 Å². The Bertz CT molecular complexity index is 1020. The number of rotatable bonds is 2. The molecule has 0 aliphatic carbocycles. The van der Waals surface area contributed by atoms with Crippen LogP contribution in [0.5, 0.6) is 0 Å². The fraction of sp³-hybridized carbons (Fsp3) is 0.0667. The Balaban J connectivity index is 1.86. The van der Waals surface area contributed by atoms with Crippen LogP contribution in [0.25, 0.3) is 27.8 Å². The lowest BCUT2D eigenvalue weighted by atomic mass is 10.3. The van der Waals surface area contributed by atoms with Gasteiger partial charge in [0.15, 0.2) is 0 Å². The van der Waals surface area contributed by atoms with Crippen molar-refractivity contribution < 1.29 is 4.52 Å². The lowest BCUT2D eigenvalue weighted by molar-refractivity contribution is 0.431. The molecule has 0 N–H and O–H groups in total. The second-order valence-corrected chi connectivity index (χ2v) is 5.76. The van der Waals surface area contributed by atoms with E-state index in [0.717, 1.165) is 10.4 Å². The smallest absolute Gasteiger partial charge is 0.270 e. The minimum atomic E-state index is -0.230. The van der Waals surface area contributed by atoms with Crippen LogP contribution in [-0.2, 0) is 0 Å². The third-order valence-corrected chi connectivity index (χ3v) is 4.13. The second kappa shape index (κ2) is 4.88. The Morgan fingerprint density at radius 2 is 2.23 bits per heavy atom. The van der Waals surface area contributed by atoms with Crippen LogP contribution in [0.15, 0.2) is 51.4 Å². The molecule has 4 rings (SSSR count). The first-order valence-corrected chi connectivity index (χ1v) is 7.46. The van der Waals surface area contributed by atoms with Crippen LogP contribution in [0.1, 0.15) is 5.56 Å². The molecule has 4 heterocycles. The highest BCUT2D eigenvalue weighted by Gasteiger charge is 2.16. The number of thiophene rings is 1. The molecule has 4 aromatic rings. The van der Waals surface area contributed by atoms with E-state index in [-0.39, 0.29) is 17.0 Å². The third-order valence-electron chi connectivity index (χ3n) is 3.26. The standard InChI is InChI=1S/C15H10N4O2S/c1-9-4-5-19-12(7-9)16-8-10(15(19)20)14-17-13(18-21-14)11-3-2-6-22-11/h2-8H,1H3. The first-order valence-electron chi connectivity index (χ1n) is 6.58. The summed E-state index contributed by atoms with van der Waals surface area (Å²) in [7, 11) is 0. The quantitative estimate of drug-likeness (QED) is 0.569. The highest BCUT2D eigenvalue weighted by molar-refractivity contribution is 7.13. The zero-order valence-corrected chi connectivity index (χ0v) is 12.4. The highest BCUT2D eigenvalue weighted by atomic mass is 32.1. The minimum Gasteiger partial charge on any atom is -0.333 e. The molecule has 7 heteroatoms. The summed E-state index contributed by atoms with van der Waals surface area (Å²) < 4.78 is 6.69. The van der Waals surface area contributed by atoms with Crippen molar-refractivity contribution in [2.45, 2.75) is 6.92 Å². The van der Waals surface area contributed by atoms with E-state index in [1.54, 1.807) is 6.20 Å². The molecule has 0 spiro atoms. The SMILES string of the molecule is Cc1ccn2c(=O)c(-c3nc(-c4cccs4)no3)cnc2c1. The van der Waals surface area contributed by atoms with Crippen molar-refractivity contribution in [1.82, 2.24) is 19.5 Å². The summed E-state index contributed by atoms with van der Waals surface area (Å²) in [5.74, 6) is 0.647. The van der Waals surface area contributed by atoms with E-state index in [9.17, 15) is 4.79 Å². The molecule has 0 bridgehead atoms. The maximum absolute atomic E-state index is 12.5. The number of hydrogen-bond acceptors (Lipinski definition) is 6. The van der Waals surface area contributed by atoms with Crippen LogP contribution in [0.3, 0.4) is 0 Å². The fourth-order valence-electron chi connectivity index (χ4n) is 2.16. The van der Waals surface area contributed by atoms with Gasteiger partial charge in [0.05, 0.1) is 4.88 Å². The van der Waals surface area contributed by atoms with E-state index in [4.69, 9.17) is 4.52 Å². The van der Waals surface area contributed by atoms with Gasteiger partial charge in [-0.1, -0.05) is 11.2 Å². The number of pyridine rings is 1. The molecule has 0 unspecified atom stereocenters. The van der Waals surface area contributed by atoms with Crippen molar-refractivity contribution in [3.8, 4) is 22.2 Å². The Labute approximate surface area is 128 Å².